The Kier molecular flexibility index (Phi) is 9.17. The van der Waals surface area contributed by atoms with E-state index in [4.69, 9.17) is 11.6 Å². The minimum atomic E-state index is -3.76. The summed E-state index contributed by atoms with van der Waals surface area (Å²) < 4.78 is 27.0. The van der Waals surface area contributed by atoms with Crippen LogP contribution in [-0.4, -0.2) is 49.5 Å². The summed E-state index contributed by atoms with van der Waals surface area (Å²) in [5.41, 5.74) is 0.531. The van der Waals surface area contributed by atoms with Gasteiger partial charge in [-0.1, -0.05) is 29.8 Å². The minimum Gasteiger partial charge on any atom is -0.350 e. The maximum absolute atomic E-state index is 13.5. The molecule has 0 fully saturated rings. The van der Waals surface area contributed by atoms with Gasteiger partial charge in [0.05, 0.1) is 11.9 Å². The Bertz CT molecular complexity index is 1100. The Labute approximate surface area is 214 Å². The fourth-order valence-corrected chi connectivity index (χ4v) is 4.49. The monoisotopic (exact) mass is 605 g/mol. The van der Waals surface area contributed by atoms with E-state index in [0.29, 0.717) is 16.3 Å². The highest BCUT2D eigenvalue weighted by Crippen LogP contribution is 2.22. The number of carbonyl (C=O) groups is 2. The molecular formula is C23H29ClIN3O4S. The molecule has 7 nitrogen and oxygen atoms in total. The quantitative estimate of drug-likeness (QED) is 0.460. The van der Waals surface area contributed by atoms with Gasteiger partial charge in [0.15, 0.2) is 0 Å². The molecule has 33 heavy (non-hydrogen) atoms. The highest BCUT2D eigenvalue weighted by Gasteiger charge is 2.31. The zero-order chi connectivity index (χ0) is 25.0. The van der Waals surface area contributed by atoms with Gasteiger partial charge in [-0.05, 0) is 86.2 Å². The largest absolute Gasteiger partial charge is 0.350 e. The van der Waals surface area contributed by atoms with Crippen molar-refractivity contribution in [2.45, 2.75) is 45.8 Å². The van der Waals surface area contributed by atoms with Crippen LogP contribution in [0.4, 0.5) is 5.69 Å². The van der Waals surface area contributed by atoms with Gasteiger partial charge in [-0.15, -0.1) is 0 Å². The SMILES string of the molecule is C[C@H](C(=O)NC(C)(C)C)N(Cc1ccccc1Cl)C(=O)CN(c1ccc(I)cc1)S(C)(=O)=O. The Morgan fingerprint density at radius 3 is 2.18 bits per heavy atom. The van der Waals surface area contributed by atoms with E-state index < -0.39 is 34.1 Å². The van der Waals surface area contributed by atoms with Crippen LogP contribution in [0.5, 0.6) is 0 Å². The number of carbonyl (C=O) groups excluding carboxylic acids is 2. The zero-order valence-corrected chi connectivity index (χ0v) is 23.0. The van der Waals surface area contributed by atoms with Gasteiger partial charge in [-0.3, -0.25) is 13.9 Å². The predicted octanol–water partition coefficient (Wildman–Crippen LogP) is 4.04. The van der Waals surface area contributed by atoms with Crippen molar-refractivity contribution < 1.29 is 18.0 Å². The number of amides is 2. The van der Waals surface area contributed by atoms with Crippen molar-refractivity contribution in [2.24, 2.45) is 0 Å². The molecule has 2 aromatic rings. The molecule has 180 valence electrons. The van der Waals surface area contributed by atoms with Crippen molar-refractivity contribution in [3.05, 3.63) is 62.7 Å². The average molecular weight is 606 g/mol. The van der Waals surface area contributed by atoms with Crippen LogP contribution >= 0.6 is 34.2 Å². The summed E-state index contributed by atoms with van der Waals surface area (Å²) >= 11 is 8.43. The van der Waals surface area contributed by atoms with Gasteiger partial charge in [0.25, 0.3) is 0 Å². The number of hydrogen-bond acceptors (Lipinski definition) is 4. The first-order valence-corrected chi connectivity index (χ1v) is 13.6. The zero-order valence-electron chi connectivity index (χ0n) is 19.3. The first-order valence-electron chi connectivity index (χ1n) is 10.3. The summed E-state index contributed by atoms with van der Waals surface area (Å²) in [6, 6.07) is 13.0. The van der Waals surface area contributed by atoms with Crippen molar-refractivity contribution in [3.8, 4) is 0 Å². The number of halogens is 2. The number of hydrogen-bond donors (Lipinski definition) is 1. The second-order valence-electron chi connectivity index (χ2n) is 8.77. The molecule has 1 atom stereocenters. The van der Waals surface area contributed by atoms with Gasteiger partial charge < -0.3 is 10.2 Å². The van der Waals surface area contributed by atoms with Gasteiger partial charge in [0.1, 0.15) is 12.6 Å². The molecule has 1 N–H and O–H groups in total. The second-order valence-corrected chi connectivity index (χ2v) is 12.3. The van der Waals surface area contributed by atoms with E-state index in [9.17, 15) is 18.0 Å². The van der Waals surface area contributed by atoms with Crippen molar-refractivity contribution in [1.82, 2.24) is 10.2 Å². The summed E-state index contributed by atoms with van der Waals surface area (Å²) in [5, 5.41) is 3.33. The lowest BCUT2D eigenvalue weighted by molar-refractivity contribution is -0.140. The number of sulfonamides is 1. The van der Waals surface area contributed by atoms with E-state index in [1.807, 2.05) is 20.8 Å². The number of benzene rings is 2. The molecule has 0 aliphatic heterocycles. The molecule has 0 radical (unpaired) electrons. The molecule has 0 spiro atoms. The summed E-state index contributed by atoms with van der Waals surface area (Å²) in [7, 11) is -3.76. The normalized spacial score (nSPS) is 12.7. The van der Waals surface area contributed by atoms with Gasteiger partial charge in [-0.2, -0.15) is 0 Å². The van der Waals surface area contributed by atoms with E-state index in [1.165, 1.54) is 4.90 Å². The first-order chi connectivity index (χ1) is 15.2. The third-order valence-corrected chi connectivity index (χ3v) is 6.99. The van der Waals surface area contributed by atoms with Gasteiger partial charge >= 0.3 is 0 Å². The number of anilines is 1. The van der Waals surface area contributed by atoms with Crippen LogP contribution in [0.2, 0.25) is 5.02 Å². The second kappa shape index (κ2) is 11.1. The molecule has 2 aromatic carbocycles. The molecule has 0 aromatic heterocycles. The van der Waals surface area contributed by atoms with Crippen molar-refractivity contribution in [1.29, 1.82) is 0 Å². The van der Waals surface area contributed by atoms with Gasteiger partial charge in [0.2, 0.25) is 21.8 Å². The van der Waals surface area contributed by atoms with Crippen LogP contribution in [0.1, 0.15) is 33.3 Å². The smallest absolute Gasteiger partial charge is 0.244 e. The van der Waals surface area contributed by atoms with Crippen LogP contribution in [0.15, 0.2) is 48.5 Å². The van der Waals surface area contributed by atoms with E-state index in [1.54, 1.807) is 55.5 Å². The van der Waals surface area contributed by atoms with Crippen molar-refractivity contribution in [2.75, 3.05) is 17.1 Å². The molecule has 10 heteroatoms. The molecule has 0 heterocycles. The molecule has 0 aliphatic carbocycles. The average Bonchev–Trinajstić information content (AvgIpc) is 2.69. The van der Waals surface area contributed by atoms with Crippen molar-refractivity contribution in [3.63, 3.8) is 0 Å². The van der Waals surface area contributed by atoms with E-state index in [0.717, 1.165) is 14.1 Å². The van der Waals surface area contributed by atoms with E-state index in [-0.39, 0.29) is 12.5 Å². The van der Waals surface area contributed by atoms with Crippen molar-refractivity contribution >= 4 is 61.7 Å². The maximum Gasteiger partial charge on any atom is 0.244 e. The fraction of sp³-hybridized carbons (Fsp3) is 0.391. The summed E-state index contributed by atoms with van der Waals surface area (Å²) in [6.07, 6.45) is 1.05. The molecule has 2 rings (SSSR count). The first kappa shape index (κ1) is 27.4. The Morgan fingerprint density at radius 2 is 1.67 bits per heavy atom. The molecule has 0 saturated carbocycles. The Hall–Kier alpha value is -1.85. The Morgan fingerprint density at radius 1 is 1.09 bits per heavy atom. The van der Waals surface area contributed by atoms with Crippen LogP contribution in [0, 0.1) is 3.57 Å². The molecule has 0 unspecified atom stereocenters. The number of nitrogens with one attached hydrogen (secondary N) is 1. The van der Waals surface area contributed by atoms with Crippen LogP contribution < -0.4 is 9.62 Å². The standard InChI is InChI=1S/C23H29ClIN3O4S/c1-16(22(30)26-23(2,3)4)27(14-17-8-6-7-9-20(17)24)21(29)15-28(33(5,31)32)19-12-10-18(25)11-13-19/h6-13,16H,14-15H2,1-5H3,(H,26,30)/t16-/m1/s1. The summed E-state index contributed by atoms with van der Waals surface area (Å²) in [6.45, 7) is 6.77. The molecule has 0 bridgehead atoms. The third kappa shape index (κ3) is 8.15. The highest BCUT2D eigenvalue weighted by atomic mass is 127. The van der Waals surface area contributed by atoms with E-state index in [2.05, 4.69) is 27.9 Å². The lowest BCUT2D eigenvalue weighted by atomic mass is 10.1. The summed E-state index contributed by atoms with van der Waals surface area (Å²) in [5.74, 6) is -0.862. The van der Waals surface area contributed by atoms with Crippen LogP contribution in [0.3, 0.4) is 0 Å². The minimum absolute atomic E-state index is 0.0571. The van der Waals surface area contributed by atoms with Gasteiger partial charge in [0, 0.05) is 20.7 Å². The highest BCUT2D eigenvalue weighted by molar-refractivity contribution is 14.1. The molecule has 2 amide bonds. The number of nitrogens with zero attached hydrogens (tertiary/aromatic N) is 2. The van der Waals surface area contributed by atoms with Crippen LogP contribution in [-0.2, 0) is 26.2 Å². The summed E-state index contributed by atoms with van der Waals surface area (Å²) in [4.78, 5) is 27.7. The molecular weight excluding hydrogens is 577 g/mol. The van der Waals surface area contributed by atoms with Crippen LogP contribution in [0.25, 0.3) is 0 Å². The molecule has 0 aliphatic rings. The Balaban J connectivity index is 2.41. The fourth-order valence-electron chi connectivity index (χ4n) is 3.09. The van der Waals surface area contributed by atoms with E-state index >= 15 is 0 Å². The topological polar surface area (TPSA) is 86.8 Å². The lowest BCUT2D eigenvalue weighted by Gasteiger charge is -2.33. The number of rotatable bonds is 8. The molecule has 0 saturated heterocycles. The lowest BCUT2D eigenvalue weighted by Crippen LogP contribution is -2.54. The van der Waals surface area contributed by atoms with Gasteiger partial charge in [-0.25, -0.2) is 8.42 Å². The maximum atomic E-state index is 13.5. The predicted molar refractivity (Wildman–Crippen MR) is 141 cm³/mol. The third-order valence-electron chi connectivity index (χ3n) is 4.76.